The number of hydrogen-bond donors (Lipinski definition) is 0. The predicted molar refractivity (Wildman–Crippen MR) is 127 cm³/mol. The summed E-state index contributed by atoms with van der Waals surface area (Å²) in [5.74, 6) is -0.132. The molecule has 0 radical (unpaired) electrons. The maximum absolute atomic E-state index is 13.4. The van der Waals surface area contributed by atoms with E-state index < -0.39 is 34.8 Å². The summed E-state index contributed by atoms with van der Waals surface area (Å²) in [6.45, 7) is 3.42. The van der Waals surface area contributed by atoms with Crippen LogP contribution in [0, 0.1) is 11.3 Å². The standard InChI is InChI=1S/C26H22F3N5O3/c1-25(2)23(35)34(19-5-4-18(15-30)21(14-19)26(27,28)29)24(36)33(25)12-3-13-37-20-6-7-22(32-16-20)17-8-10-31-11-9-17/h4-11,14,16H,3,12-13H2,1-2H3. The van der Waals surface area contributed by atoms with Gasteiger partial charge in [0.15, 0.2) is 0 Å². The minimum Gasteiger partial charge on any atom is -0.492 e. The number of nitrogens with zero attached hydrogens (tertiary/aromatic N) is 5. The molecule has 1 fully saturated rings. The number of carbonyl (C=O) groups is 2. The van der Waals surface area contributed by atoms with Gasteiger partial charge >= 0.3 is 12.2 Å². The van der Waals surface area contributed by atoms with Crippen molar-refractivity contribution >= 4 is 17.6 Å². The Balaban J connectivity index is 1.42. The maximum Gasteiger partial charge on any atom is 0.417 e. The monoisotopic (exact) mass is 509 g/mol. The lowest BCUT2D eigenvalue weighted by Crippen LogP contribution is -2.44. The molecule has 1 aliphatic heterocycles. The lowest BCUT2D eigenvalue weighted by atomic mass is 10.0. The molecule has 3 aromatic rings. The van der Waals surface area contributed by atoms with Gasteiger partial charge in [0.25, 0.3) is 5.91 Å². The van der Waals surface area contributed by atoms with E-state index >= 15 is 0 Å². The lowest BCUT2D eigenvalue weighted by molar-refractivity contribution is -0.137. The van der Waals surface area contributed by atoms with Crippen LogP contribution in [0.4, 0.5) is 23.7 Å². The Hall–Kier alpha value is -4.46. The third-order valence-corrected chi connectivity index (χ3v) is 6.02. The summed E-state index contributed by atoms with van der Waals surface area (Å²) in [7, 11) is 0. The van der Waals surface area contributed by atoms with Gasteiger partial charge in [-0.3, -0.25) is 14.8 Å². The highest BCUT2D eigenvalue weighted by Crippen LogP contribution is 2.37. The molecule has 0 saturated carbocycles. The Kier molecular flexibility index (Phi) is 6.85. The first-order valence-corrected chi connectivity index (χ1v) is 11.3. The second-order valence-corrected chi connectivity index (χ2v) is 8.79. The highest BCUT2D eigenvalue weighted by Gasteiger charge is 2.52. The van der Waals surface area contributed by atoms with Gasteiger partial charge in [-0.25, -0.2) is 9.69 Å². The minimum atomic E-state index is -4.81. The summed E-state index contributed by atoms with van der Waals surface area (Å²) in [6, 6.07) is 10.8. The number of hydrogen-bond acceptors (Lipinski definition) is 6. The van der Waals surface area contributed by atoms with Crippen molar-refractivity contribution in [3.05, 3.63) is 72.2 Å². The molecule has 1 aromatic carbocycles. The molecule has 0 spiro atoms. The number of alkyl halides is 3. The molecule has 190 valence electrons. The van der Waals surface area contributed by atoms with E-state index in [0.717, 1.165) is 28.3 Å². The molecule has 0 bridgehead atoms. The molecule has 11 heteroatoms. The van der Waals surface area contributed by atoms with Gasteiger partial charge in [-0.05, 0) is 62.7 Å². The van der Waals surface area contributed by atoms with Crippen LogP contribution in [0.3, 0.4) is 0 Å². The van der Waals surface area contributed by atoms with Crippen molar-refractivity contribution < 1.29 is 27.5 Å². The quantitative estimate of drug-likeness (QED) is 0.327. The summed E-state index contributed by atoms with van der Waals surface area (Å²) in [6.07, 6.45) is 0.472. The Morgan fingerprint density at radius 2 is 1.81 bits per heavy atom. The van der Waals surface area contributed by atoms with Crippen LogP contribution in [0.5, 0.6) is 5.75 Å². The number of rotatable bonds is 7. The van der Waals surface area contributed by atoms with Gasteiger partial charge < -0.3 is 9.64 Å². The molecule has 37 heavy (non-hydrogen) atoms. The summed E-state index contributed by atoms with van der Waals surface area (Å²) < 4.78 is 45.9. The van der Waals surface area contributed by atoms with Gasteiger partial charge in [0.1, 0.15) is 11.3 Å². The van der Waals surface area contributed by atoms with Crippen LogP contribution >= 0.6 is 0 Å². The lowest BCUT2D eigenvalue weighted by Gasteiger charge is -2.27. The number of halogens is 3. The fraction of sp³-hybridized carbons (Fsp3) is 0.269. The van der Waals surface area contributed by atoms with Crippen LogP contribution in [0.2, 0.25) is 0 Å². The topological polar surface area (TPSA) is 99.4 Å². The SMILES string of the molecule is CC1(C)C(=O)N(c2ccc(C#N)c(C(F)(F)F)c2)C(=O)N1CCCOc1ccc(-c2ccncc2)nc1. The first-order chi connectivity index (χ1) is 17.5. The average Bonchev–Trinajstić information content (AvgIpc) is 3.05. The second-order valence-electron chi connectivity index (χ2n) is 8.79. The summed E-state index contributed by atoms with van der Waals surface area (Å²) in [5.41, 5.74) is -1.65. The number of anilines is 1. The van der Waals surface area contributed by atoms with Crippen molar-refractivity contribution in [1.29, 1.82) is 5.26 Å². The zero-order chi connectivity index (χ0) is 26.8. The molecule has 2 aromatic heterocycles. The first kappa shape index (κ1) is 25.6. The summed E-state index contributed by atoms with van der Waals surface area (Å²) in [4.78, 5) is 36.5. The van der Waals surface area contributed by atoms with Gasteiger partial charge in [0, 0.05) is 24.5 Å². The molecule has 1 saturated heterocycles. The van der Waals surface area contributed by atoms with E-state index in [1.54, 1.807) is 30.7 Å². The number of carbonyl (C=O) groups excluding carboxylic acids is 2. The zero-order valence-corrected chi connectivity index (χ0v) is 20.0. The van der Waals surface area contributed by atoms with Crippen LogP contribution < -0.4 is 9.64 Å². The van der Waals surface area contributed by atoms with Crippen molar-refractivity contribution in [1.82, 2.24) is 14.9 Å². The summed E-state index contributed by atoms with van der Waals surface area (Å²) in [5, 5.41) is 9.01. The molecule has 0 unspecified atom stereocenters. The van der Waals surface area contributed by atoms with Gasteiger partial charge in [-0.15, -0.1) is 0 Å². The largest absolute Gasteiger partial charge is 0.492 e. The average molecular weight is 509 g/mol. The molecule has 8 nitrogen and oxygen atoms in total. The zero-order valence-electron chi connectivity index (χ0n) is 20.0. The Labute approximate surface area is 210 Å². The number of imide groups is 1. The van der Waals surface area contributed by atoms with Crippen LogP contribution in [0.15, 0.2) is 61.1 Å². The van der Waals surface area contributed by atoms with Crippen LogP contribution in [0.25, 0.3) is 11.3 Å². The number of amides is 3. The van der Waals surface area contributed by atoms with Crippen LogP contribution in [0.1, 0.15) is 31.4 Å². The van der Waals surface area contributed by atoms with Gasteiger partial charge in [-0.2, -0.15) is 18.4 Å². The second kappa shape index (κ2) is 9.89. The molecule has 4 rings (SSSR count). The first-order valence-electron chi connectivity index (χ1n) is 11.3. The number of benzene rings is 1. The maximum atomic E-state index is 13.4. The molecule has 0 aliphatic carbocycles. The van der Waals surface area contributed by atoms with E-state index in [9.17, 15) is 22.8 Å². The van der Waals surface area contributed by atoms with Gasteiger partial charge in [0.2, 0.25) is 0 Å². The third-order valence-electron chi connectivity index (χ3n) is 6.02. The molecular weight excluding hydrogens is 487 g/mol. The third kappa shape index (κ3) is 5.09. The van der Waals surface area contributed by atoms with Crippen molar-refractivity contribution in [2.45, 2.75) is 32.0 Å². The number of ether oxygens (including phenoxy) is 1. The van der Waals surface area contributed by atoms with Crippen molar-refractivity contribution in [3.8, 4) is 23.1 Å². The highest BCUT2D eigenvalue weighted by atomic mass is 19.4. The molecule has 3 amide bonds. The van der Waals surface area contributed by atoms with E-state index in [-0.39, 0.29) is 18.8 Å². The molecule has 0 N–H and O–H groups in total. The fourth-order valence-electron chi connectivity index (χ4n) is 4.01. The van der Waals surface area contributed by atoms with Crippen molar-refractivity contribution in [2.75, 3.05) is 18.1 Å². The fourth-order valence-corrected chi connectivity index (χ4v) is 4.01. The van der Waals surface area contributed by atoms with Crippen LogP contribution in [-0.4, -0.2) is 45.5 Å². The van der Waals surface area contributed by atoms with E-state index in [2.05, 4.69) is 9.97 Å². The van der Waals surface area contributed by atoms with Crippen LogP contribution in [-0.2, 0) is 11.0 Å². The van der Waals surface area contributed by atoms with Gasteiger partial charge in [-0.1, -0.05) is 0 Å². The summed E-state index contributed by atoms with van der Waals surface area (Å²) >= 11 is 0. The van der Waals surface area contributed by atoms with Crippen molar-refractivity contribution in [2.24, 2.45) is 0 Å². The van der Waals surface area contributed by atoms with Gasteiger partial charge in [0.05, 0.1) is 41.4 Å². The minimum absolute atomic E-state index is 0.138. The Bertz CT molecular complexity index is 1350. The Morgan fingerprint density at radius 3 is 2.43 bits per heavy atom. The number of aromatic nitrogens is 2. The van der Waals surface area contributed by atoms with E-state index in [1.165, 1.54) is 24.8 Å². The molecule has 0 atom stereocenters. The Morgan fingerprint density at radius 1 is 1.08 bits per heavy atom. The predicted octanol–water partition coefficient (Wildman–Crippen LogP) is 5.05. The highest BCUT2D eigenvalue weighted by molar-refractivity contribution is 6.23. The molecule has 1 aliphatic rings. The van der Waals surface area contributed by atoms with E-state index in [1.807, 2.05) is 12.1 Å². The smallest absolute Gasteiger partial charge is 0.417 e. The number of pyridine rings is 2. The van der Waals surface area contributed by atoms with E-state index in [0.29, 0.717) is 18.2 Å². The molecule has 3 heterocycles. The molecular formula is C26H22F3N5O3. The number of nitriles is 1. The number of urea groups is 1. The van der Waals surface area contributed by atoms with Crippen molar-refractivity contribution in [3.63, 3.8) is 0 Å². The normalized spacial score (nSPS) is 15.1. The van der Waals surface area contributed by atoms with E-state index in [4.69, 9.17) is 10.00 Å².